The number of fused-ring (bicyclic) bond motifs is 1. The number of rotatable bonds is 13. The fourth-order valence-electron chi connectivity index (χ4n) is 4.70. The number of nitrogens with zero attached hydrogens (tertiary/aromatic N) is 3. The Morgan fingerprint density at radius 1 is 0.930 bits per heavy atom. The summed E-state index contributed by atoms with van der Waals surface area (Å²) in [5.74, 6) is 0.305. The van der Waals surface area contributed by atoms with E-state index in [2.05, 4.69) is 29.7 Å². The number of benzene rings is 2. The summed E-state index contributed by atoms with van der Waals surface area (Å²) in [5, 5.41) is 3.77. The van der Waals surface area contributed by atoms with Crippen LogP contribution < -0.4 is 24.2 Å². The topological polar surface area (TPSA) is 162 Å². The quantitative estimate of drug-likeness (QED) is 0.197. The zero-order valence-corrected chi connectivity index (χ0v) is 26.0. The molecule has 5 rings (SSSR count). The molecule has 3 N–H and O–H groups in total. The summed E-state index contributed by atoms with van der Waals surface area (Å²) in [4.78, 5) is 13.0. The molecular formula is C29H34N6O6S2. The Labute approximate surface area is 251 Å². The van der Waals surface area contributed by atoms with Crippen LogP contribution in [-0.4, -0.2) is 58.6 Å². The molecule has 1 aliphatic rings. The summed E-state index contributed by atoms with van der Waals surface area (Å²) < 4.78 is 68.7. The van der Waals surface area contributed by atoms with Crippen LogP contribution in [0.2, 0.25) is 0 Å². The molecule has 0 unspecified atom stereocenters. The monoisotopic (exact) mass is 626 g/mol. The molecule has 0 bridgehead atoms. The van der Waals surface area contributed by atoms with E-state index in [1.165, 1.54) is 26.5 Å². The molecule has 0 spiro atoms. The number of pyridine rings is 1. The maximum absolute atomic E-state index is 13.5. The van der Waals surface area contributed by atoms with E-state index in [0.29, 0.717) is 40.0 Å². The molecule has 12 nitrogen and oxygen atoms in total. The van der Waals surface area contributed by atoms with Gasteiger partial charge in [-0.1, -0.05) is 32.4 Å². The lowest BCUT2D eigenvalue weighted by Gasteiger charge is -2.18. The molecule has 2 heterocycles. The molecule has 1 saturated carbocycles. The maximum Gasteiger partial charge on any atom is 0.319 e. The predicted molar refractivity (Wildman–Crippen MR) is 164 cm³/mol. The van der Waals surface area contributed by atoms with E-state index in [0.717, 1.165) is 24.8 Å². The normalized spacial score (nSPS) is 13.7. The highest BCUT2D eigenvalue weighted by Gasteiger charge is 2.31. The van der Waals surface area contributed by atoms with Crippen molar-refractivity contribution in [3.05, 3.63) is 54.4 Å². The van der Waals surface area contributed by atoms with Crippen molar-refractivity contribution < 1.29 is 26.3 Å². The molecule has 2 aromatic carbocycles. The minimum absolute atomic E-state index is 0.0398. The Balaban J connectivity index is 1.67. The second-order valence-corrected chi connectivity index (χ2v) is 13.6. The maximum atomic E-state index is 13.5. The largest absolute Gasteiger partial charge is 0.480 e. The van der Waals surface area contributed by atoms with Gasteiger partial charge in [0.15, 0.2) is 0 Å². The van der Waals surface area contributed by atoms with Crippen LogP contribution in [0.5, 0.6) is 11.9 Å². The van der Waals surface area contributed by atoms with Gasteiger partial charge >= 0.3 is 6.01 Å². The molecule has 0 saturated heterocycles. The van der Waals surface area contributed by atoms with E-state index in [9.17, 15) is 16.8 Å². The van der Waals surface area contributed by atoms with Gasteiger partial charge in [0.25, 0.3) is 0 Å². The lowest BCUT2D eigenvalue weighted by molar-refractivity contribution is 0.353. The zero-order chi connectivity index (χ0) is 30.8. The Bertz CT molecular complexity index is 1880. The summed E-state index contributed by atoms with van der Waals surface area (Å²) in [5.41, 5.74) is 3.31. The number of hydrogen-bond donors (Lipinski definition) is 3. The lowest BCUT2D eigenvalue weighted by Crippen LogP contribution is -2.26. The fourth-order valence-corrected chi connectivity index (χ4v) is 7.26. The molecular weight excluding hydrogens is 592 g/mol. The number of aromatic nitrogens is 3. The van der Waals surface area contributed by atoms with E-state index in [1.54, 1.807) is 37.4 Å². The summed E-state index contributed by atoms with van der Waals surface area (Å²) in [6.07, 6.45) is 5.87. The molecule has 0 amide bonds. The van der Waals surface area contributed by atoms with Crippen molar-refractivity contribution in [2.24, 2.45) is 0 Å². The van der Waals surface area contributed by atoms with Crippen molar-refractivity contribution in [3.8, 4) is 23.0 Å². The highest BCUT2D eigenvalue weighted by atomic mass is 32.2. The molecule has 4 aromatic rings. The van der Waals surface area contributed by atoms with Crippen molar-refractivity contribution in [3.63, 3.8) is 0 Å². The van der Waals surface area contributed by atoms with E-state index in [4.69, 9.17) is 9.47 Å². The van der Waals surface area contributed by atoms with Crippen LogP contribution in [0.25, 0.3) is 22.0 Å². The smallest absolute Gasteiger partial charge is 0.319 e. The van der Waals surface area contributed by atoms with Crippen LogP contribution in [0.3, 0.4) is 0 Å². The van der Waals surface area contributed by atoms with Crippen LogP contribution in [0.15, 0.2) is 58.6 Å². The van der Waals surface area contributed by atoms with Gasteiger partial charge in [-0.2, -0.15) is 4.98 Å². The lowest BCUT2D eigenvalue weighted by atomic mass is 10.0. The van der Waals surface area contributed by atoms with Gasteiger partial charge < -0.3 is 14.8 Å². The minimum atomic E-state index is -3.95. The molecule has 0 radical (unpaired) electrons. The Kier molecular flexibility index (Phi) is 8.83. The van der Waals surface area contributed by atoms with Gasteiger partial charge in [0, 0.05) is 36.1 Å². The van der Waals surface area contributed by atoms with Crippen molar-refractivity contribution in [1.29, 1.82) is 0 Å². The van der Waals surface area contributed by atoms with Gasteiger partial charge in [0.1, 0.15) is 4.90 Å². The third kappa shape index (κ3) is 6.72. The summed E-state index contributed by atoms with van der Waals surface area (Å²) in [6, 6.07) is 10.3. The van der Waals surface area contributed by atoms with E-state index in [1.807, 2.05) is 13.0 Å². The number of ether oxygens (including phenoxy) is 2. The average Bonchev–Trinajstić information content (AvgIpc) is 3.80. The first-order chi connectivity index (χ1) is 20.6. The van der Waals surface area contributed by atoms with Crippen LogP contribution >= 0.6 is 0 Å². The van der Waals surface area contributed by atoms with E-state index >= 15 is 0 Å². The average molecular weight is 627 g/mol. The Morgan fingerprint density at radius 3 is 2.40 bits per heavy atom. The van der Waals surface area contributed by atoms with Gasteiger partial charge in [-0.3, -0.25) is 4.98 Å². The molecule has 228 valence electrons. The number of nitrogens with one attached hydrogen (secondary N) is 3. The minimum Gasteiger partial charge on any atom is -0.480 e. The number of aryl methyl sites for hydroxylation is 1. The van der Waals surface area contributed by atoms with Crippen LogP contribution in [-0.2, 0) is 26.5 Å². The van der Waals surface area contributed by atoms with Gasteiger partial charge in [-0.25, -0.2) is 31.3 Å². The Morgan fingerprint density at radius 2 is 1.72 bits per heavy atom. The van der Waals surface area contributed by atoms with Gasteiger partial charge in [0.2, 0.25) is 25.9 Å². The second-order valence-electron chi connectivity index (χ2n) is 10.1. The number of anilines is 2. The predicted octanol–water partition coefficient (Wildman–Crippen LogP) is 4.14. The summed E-state index contributed by atoms with van der Waals surface area (Å²) in [7, 11) is -4.76. The zero-order valence-electron chi connectivity index (χ0n) is 24.3. The van der Waals surface area contributed by atoms with Crippen molar-refractivity contribution in [2.45, 2.75) is 55.4 Å². The molecule has 1 fully saturated rings. The number of methoxy groups -OCH3 is 2. The van der Waals surface area contributed by atoms with Crippen LogP contribution in [0, 0.1) is 0 Å². The van der Waals surface area contributed by atoms with Gasteiger partial charge in [-0.05, 0) is 54.7 Å². The van der Waals surface area contributed by atoms with Crippen molar-refractivity contribution in [2.75, 3.05) is 26.1 Å². The number of sulfonamides is 2. The van der Waals surface area contributed by atoms with E-state index < -0.39 is 20.0 Å². The molecule has 14 heteroatoms. The van der Waals surface area contributed by atoms with Crippen molar-refractivity contribution in [1.82, 2.24) is 24.4 Å². The Hall–Kier alpha value is -3.85. The third-order valence-electron chi connectivity index (χ3n) is 6.86. The van der Waals surface area contributed by atoms with Gasteiger partial charge in [-0.15, -0.1) is 0 Å². The highest BCUT2D eigenvalue weighted by Crippen LogP contribution is 2.37. The molecule has 0 atom stereocenters. The van der Waals surface area contributed by atoms with Gasteiger partial charge in [0.05, 0.1) is 35.9 Å². The van der Waals surface area contributed by atoms with E-state index in [-0.39, 0.29) is 34.1 Å². The first-order valence-corrected chi connectivity index (χ1v) is 16.9. The molecule has 0 aliphatic heterocycles. The third-order valence-corrected chi connectivity index (χ3v) is 9.92. The SMILES string of the molecule is CCCc1cc(Nc2c(S(=O)(=O)NC3CC3)cnc3cc(-c4cnc(OC)nc4OC)ccc23)cc(S(=O)(=O)NCC)c1. The second kappa shape index (κ2) is 12.4. The molecule has 2 aromatic heterocycles. The van der Waals surface area contributed by atoms with Crippen molar-refractivity contribution >= 4 is 42.3 Å². The van der Waals surface area contributed by atoms with Crippen LogP contribution in [0.4, 0.5) is 11.4 Å². The number of hydrogen-bond acceptors (Lipinski definition) is 10. The molecule has 43 heavy (non-hydrogen) atoms. The summed E-state index contributed by atoms with van der Waals surface area (Å²) in [6.45, 7) is 3.95. The molecule has 1 aliphatic carbocycles. The first-order valence-electron chi connectivity index (χ1n) is 13.9. The first kappa shape index (κ1) is 30.6. The highest BCUT2D eigenvalue weighted by molar-refractivity contribution is 7.90. The fraction of sp³-hybridized carbons (Fsp3) is 0.345. The summed E-state index contributed by atoms with van der Waals surface area (Å²) >= 11 is 0. The standard InChI is InChI=1S/C29H34N6O6S2/c1-5-7-18-12-21(15-22(13-18)42(36,37)32-6-2)33-27-23-11-8-19(24-16-31-29(41-4)34-28(24)40-3)14-25(23)30-17-26(27)43(38,39)35-20-9-10-20/h8,11-17,20,32,35H,5-7,9-10H2,1-4H3,(H,30,33). The van der Waals surface area contributed by atoms with Crippen LogP contribution in [0.1, 0.15) is 38.7 Å².